The Morgan fingerprint density at radius 1 is 1.07 bits per heavy atom. The van der Waals surface area contributed by atoms with Crippen LogP contribution in [-0.2, 0) is 17.8 Å². The molecule has 0 saturated heterocycles. The lowest BCUT2D eigenvalue weighted by atomic mass is 10.2. The molecular formula is C18H41NO5Si3. The van der Waals surface area contributed by atoms with Gasteiger partial charge in [-0.25, -0.2) is 0 Å². The van der Waals surface area contributed by atoms with Crippen LogP contribution in [0.3, 0.4) is 0 Å². The molecule has 0 saturated carbocycles. The fourth-order valence-electron chi connectivity index (χ4n) is 2.72. The fraction of sp³-hybridized carbons (Fsp3) is 0.833. The largest absolute Gasteiger partial charge is 0.437 e. The van der Waals surface area contributed by atoms with E-state index in [-0.39, 0.29) is 12.5 Å². The van der Waals surface area contributed by atoms with E-state index in [0.717, 1.165) is 12.5 Å². The summed E-state index contributed by atoms with van der Waals surface area (Å²) in [7, 11) is -5.56. The van der Waals surface area contributed by atoms with E-state index in [0.29, 0.717) is 25.1 Å². The molecule has 0 aromatic carbocycles. The maximum absolute atomic E-state index is 11.4. The van der Waals surface area contributed by atoms with Crippen LogP contribution in [0.25, 0.3) is 0 Å². The zero-order chi connectivity index (χ0) is 21.3. The summed E-state index contributed by atoms with van der Waals surface area (Å²) in [5.41, 5.74) is 0.467. The second-order valence-electron chi connectivity index (χ2n) is 9.22. The number of carbonyl (C=O) groups is 1. The molecule has 0 aliphatic rings. The number of aliphatic hydroxyl groups is 1. The molecular weight excluding hydrogens is 394 g/mol. The predicted molar refractivity (Wildman–Crippen MR) is 119 cm³/mol. The SMILES string of the molecule is C=C(C)C(=O)NCCC(O)COCCC[Si](C)(O[Si](C)(C)C)O[Si](C)(C)C. The number of ether oxygens (including phenoxy) is 1. The zero-order valence-corrected chi connectivity index (χ0v) is 21.6. The Morgan fingerprint density at radius 2 is 1.59 bits per heavy atom. The van der Waals surface area contributed by atoms with E-state index in [9.17, 15) is 9.90 Å². The molecule has 1 atom stereocenters. The highest BCUT2D eigenvalue weighted by Gasteiger charge is 2.39. The molecule has 1 unspecified atom stereocenters. The van der Waals surface area contributed by atoms with Crippen LogP contribution in [0.5, 0.6) is 0 Å². The average molecular weight is 436 g/mol. The zero-order valence-electron chi connectivity index (χ0n) is 18.6. The van der Waals surface area contributed by atoms with Crippen LogP contribution in [0.4, 0.5) is 0 Å². The third-order valence-electron chi connectivity index (χ3n) is 3.42. The number of amides is 1. The summed E-state index contributed by atoms with van der Waals surface area (Å²) >= 11 is 0. The Labute approximate surface area is 169 Å². The Balaban J connectivity index is 4.19. The molecule has 1 amide bonds. The van der Waals surface area contributed by atoms with Crippen molar-refractivity contribution < 1.29 is 22.9 Å². The van der Waals surface area contributed by atoms with Crippen molar-refractivity contribution in [3.8, 4) is 0 Å². The van der Waals surface area contributed by atoms with Crippen LogP contribution >= 0.6 is 0 Å². The number of hydrogen-bond acceptors (Lipinski definition) is 5. The molecule has 0 aliphatic carbocycles. The van der Waals surface area contributed by atoms with E-state index in [1.807, 2.05) is 0 Å². The van der Waals surface area contributed by atoms with Crippen molar-refractivity contribution in [1.29, 1.82) is 0 Å². The smallest absolute Gasteiger partial charge is 0.314 e. The van der Waals surface area contributed by atoms with Crippen LogP contribution in [0.1, 0.15) is 19.8 Å². The number of carbonyl (C=O) groups excluding carboxylic acids is 1. The molecule has 6 nitrogen and oxygen atoms in total. The molecule has 0 fully saturated rings. The van der Waals surface area contributed by atoms with E-state index in [2.05, 4.69) is 57.7 Å². The number of nitrogens with one attached hydrogen (secondary N) is 1. The second kappa shape index (κ2) is 11.6. The van der Waals surface area contributed by atoms with Crippen molar-refractivity contribution in [2.75, 3.05) is 19.8 Å². The molecule has 0 aromatic heterocycles. The summed E-state index contributed by atoms with van der Waals surface area (Å²) in [5.74, 6) is -0.183. The normalized spacial score (nSPS) is 14.1. The monoisotopic (exact) mass is 435 g/mol. The number of aliphatic hydroxyl groups excluding tert-OH is 1. The minimum Gasteiger partial charge on any atom is -0.437 e. The maximum atomic E-state index is 11.4. The average Bonchev–Trinajstić information content (AvgIpc) is 2.42. The molecule has 9 heteroatoms. The van der Waals surface area contributed by atoms with Gasteiger partial charge in [0, 0.05) is 18.7 Å². The van der Waals surface area contributed by atoms with Crippen molar-refractivity contribution in [3.05, 3.63) is 12.2 Å². The van der Waals surface area contributed by atoms with Gasteiger partial charge in [0.15, 0.2) is 16.6 Å². The van der Waals surface area contributed by atoms with Gasteiger partial charge in [-0.3, -0.25) is 4.79 Å². The summed E-state index contributed by atoms with van der Waals surface area (Å²) < 4.78 is 18.5. The topological polar surface area (TPSA) is 77.0 Å². The predicted octanol–water partition coefficient (Wildman–Crippen LogP) is 3.61. The summed E-state index contributed by atoms with van der Waals surface area (Å²) in [6.07, 6.45) is 0.732. The van der Waals surface area contributed by atoms with Gasteiger partial charge in [-0.15, -0.1) is 0 Å². The molecule has 0 bridgehead atoms. The molecule has 0 aromatic rings. The Morgan fingerprint density at radius 3 is 2.04 bits per heavy atom. The van der Waals surface area contributed by atoms with Gasteiger partial charge >= 0.3 is 8.56 Å². The first-order chi connectivity index (χ1) is 12.1. The molecule has 0 heterocycles. The first kappa shape index (κ1) is 26.7. The minimum absolute atomic E-state index is 0.183. The molecule has 160 valence electrons. The van der Waals surface area contributed by atoms with E-state index in [1.54, 1.807) is 6.92 Å². The quantitative estimate of drug-likeness (QED) is 0.248. The van der Waals surface area contributed by atoms with E-state index < -0.39 is 31.3 Å². The molecule has 0 spiro atoms. The standard InChI is InChI=1S/C18H41NO5Si3/c1-16(2)18(21)19-12-11-17(20)15-22-13-10-14-27(9,23-25(3,4)5)24-26(6,7)8/h17,20H,1,10-15H2,2-9H3,(H,19,21). The highest BCUT2D eigenvalue weighted by Crippen LogP contribution is 2.25. The van der Waals surface area contributed by atoms with E-state index in [1.165, 1.54) is 0 Å². The van der Waals surface area contributed by atoms with E-state index in [4.69, 9.17) is 13.0 Å². The van der Waals surface area contributed by atoms with Gasteiger partial charge in [-0.05, 0) is 71.6 Å². The second-order valence-corrected chi connectivity index (χ2v) is 22.1. The Bertz CT molecular complexity index is 459. The van der Waals surface area contributed by atoms with Gasteiger partial charge in [-0.2, -0.15) is 0 Å². The van der Waals surface area contributed by atoms with Gasteiger partial charge in [-0.1, -0.05) is 6.58 Å². The third kappa shape index (κ3) is 15.3. The maximum Gasteiger partial charge on any atom is 0.314 e. The Hall–Kier alpha value is -0.299. The third-order valence-corrected chi connectivity index (χ3v) is 13.0. The highest BCUT2D eigenvalue weighted by atomic mass is 28.5. The molecule has 2 N–H and O–H groups in total. The van der Waals surface area contributed by atoms with Crippen LogP contribution in [0.15, 0.2) is 12.2 Å². The van der Waals surface area contributed by atoms with Crippen LogP contribution in [-0.4, -0.2) is 62.1 Å². The van der Waals surface area contributed by atoms with Gasteiger partial charge in [0.05, 0.1) is 12.7 Å². The summed E-state index contributed by atoms with van der Waals surface area (Å²) in [4.78, 5) is 11.4. The molecule has 0 rings (SSSR count). The van der Waals surface area contributed by atoms with Gasteiger partial charge in [0.25, 0.3) is 0 Å². The number of hydrogen-bond donors (Lipinski definition) is 2. The van der Waals surface area contributed by atoms with Crippen LogP contribution in [0, 0.1) is 0 Å². The van der Waals surface area contributed by atoms with Gasteiger partial charge in [0.1, 0.15) is 0 Å². The lowest BCUT2D eigenvalue weighted by Gasteiger charge is -2.38. The van der Waals surface area contributed by atoms with Gasteiger partial charge < -0.3 is 23.4 Å². The van der Waals surface area contributed by atoms with Gasteiger partial charge in [0.2, 0.25) is 5.91 Å². The first-order valence-corrected chi connectivity index (χ1v) is 19.1. The molecule has 0 radical (unpaired) electrons. The van der Waals surface area contributed by atoms with Crippen LogP contribution < -0.4 is 5.32 Å². The lowest BCUT2D eigenvalue weighted by molar-refractivity contribution is -0.117. The number of rotatable bonds is 14. The van der Waals surface area contributed by atoms with Crippen molar-refractivity contribution in [1.82, 2.24) is 5.32 Å². The Kier molecular flexibility index (Phi) is 11.5. The van der Waals surface area contributed by atoms with Crippen molar-refractivity contribution in [2.24, 2.45) is 0 Å². The van der Waals surface area contributed by atoms with Crippen molar-refractivity contribution >= 4 is 31.1 Å². The highest BCUT2D eigenvalue weighted by molar-refractivity contribution is 6.87. The molecule has 0 aliphatic heterocycles. The molecule has 27 heavy (non-hydrogen) atoms. The summed E-state index contributed by atoms with van der Waals surface area (Å²) in [6.45, 7) is 21.9. The summed E-state index contributed by atoms with van der Waals surface area (Å²) in [6, 6.07) is 0.895. The lowest BCUT2D eigenvalue weighted by Crippen LogP contribution is -2.52. The fourth-order valence-corrected chi connectivity index (χ4v) is 15.2. The van der Waals surface area contributed by atoms with Crippen molar-refractivity contribution in [2.45, 2.75) is 77.7 Å². The van der Waals surface area contributed by atoms with Crippen LogP contribution in [0.2, 0.25) is 51.9 Å². The van der Waals surface area contributed by atoms with Crippen molar-refractivity contribution in [3.63, 3.8) is 0 Å². The minimum atomic E-state index is -2.22. The summed E-state index contributed by atoms with van der Waals surface area (Å²) in [5, 5.41) is 12.6. The van der Waals surface area contributed by atoms with E-state index >= 15 is 0 Å². The first-order valence-electron chi connectivity index (χ1n) is 9.73.